The molecule has 1 N–H and O–H groups in total. The van der Waals surface area contributed by atoms with Crippen LogP contribution in [0.3, 0.4) is 0 Å². The zero-order valence-corrected chi connectivity index (χ0v) is 19.5. The quantitative estimate of drug-likeness (QED) is 0.497. The number of aromatic nitrogens is 1. The van der Waals surface area contributed by atoms with Crippen LogP contribution in [0.2, 0.25) is 5.02 Å². The number of pyridine rings is 1. The lowest BCUT2D eigenvalue weighted by Crippen LogP contribution is -2.39. The number of rotatable bonds is 4. The molecule has 0 spiro atoms. The van der Waals surface area contributed by atoms with Crippen molar-refractivity contribution in [3.63, 3.8) is 0 Å². The van der Waals surface area contributed by atoms with Crippen molar-refractivity contribution in [2.45, 2.75) is 50.1 Å². The van der Waals surface area contributed by atoms with Gasteiger partial charge in [-0.25, -0.2) is 4.98 Å². The van der Waals surface area contributed by atoms with Crippen LogP contribution < -0.4 is 0 Å². The van der Waals surface area contributed by atoms with E-state index in [4.69, 9.17) is 11.6 Å². The van der Waals surface area contributed by atoms with E-state index < -0.39 is 0 Å². The molecule has 3 aromatic rings. The summed E-state index contributed by atoms with van der Waals surface area (Å²) < 4.78 is 0. The zero-order valence-electron chi connectivity index (χ0n) is 18.8. The number of aliphatic hydroxyl groups is 1. The smallest absolute Gasteiger partial charge is 0.113 e. The van der Waals surface area contributed by atoms with Crippen molar-refractivity contribution >= 4 is 11.6 Å². The highest BCUT2D eigenvalue weighted by atomic mass is 35.5. The summed E-state index contributed by atoms with van der Waals surface area (Å²) in [5.74, 6) is 7.04. The first-order valence-corrected chi connectivity index (χ1v) is 12.3. The van der Waals surface area contributed by atoms with Crippen molar-refractivity contribution in [1.82, 2.24) is 9.88 Å². The van der Waals surface area contributed by atoms with E-state index in [2.05, 4.69) is 46.0 Å². The molecule has 0 bridgehead atoms. The minimum Gasteiger partial charge on any atom is -0.395 e. The molecule has 3 nitrogen and oxygen atoms in total. The highest BCUT2D eigenvalue weighted by Crippen LogP contribution is 2.39. The number of halogens is 1. The van der Waals surface area contributed by atoms with Crippen LogP contribution in [0.1, 0.15) is 54.8 Å². The van der Waals surface area contributed by atoms with Crippen molar-refractivity contribution < 1.29 is 5.11 Å². The fourth-order valence-electron chi connectivity index (χ4n) is 5.35. The van der Waals surface area contributed by atoms with E-state index >= 15 is 0 Å². The lowest BCUT2D eigenvalue weighted by Gasteiger charge is -2.29. The molecular weight excluding hydrogens is 428 g/mol. The van der Waals surface area contributed by atoms with Crippen molar-refractivity contribution in [3.05, 3.63) is 88.7 Å². The zero-order chi connectivity index (χ0) is 22.6. The van der Waals surface area contributed by atoms with Gasteiger partial charge in [0.25, 0.3) is 0 Å². The van der Waals surface area contributed by atoms with E-state index in [9.17, 15) is 5.11 Å². The SMILES string of the molecule is OCC1CCCN1C1CCC(c2ccc(C#Cc3ccc(-c4ccc(Cl)cc4)cn3)cc2)C1. The molecule has 33 heavy (non-hydrogen) atoms. The molecule has 0 radical (unpaired) electrons. The van der Waals surface area contributed by atoms with Crippen LogP contribution in [0.5, 0.6) is 0 Å². The van der Waals surface area contributed by atoms with Crippen LogP contribution in [0.15, 0.2) is 66.9 Å². The van der Waals surface area contributed by atoms with Crippen molar-refractivity contribution in [2.75, 3.05) is 13.2 Å². The Balaban J connectivity index is 1.21. The third-order valence-corrected chi connectivity index (χ3v) is 7.42. The highest BCUT2D eigenvalue weighted by Gasteiger charge is 2.35. The topological polar surface area (TPSA) is 36.4 Å². The maximum atomic E-state index is 9.65. The van der Waals surface area contributed by atoms with Gasteiger partial charge in [-0.2, -0.15) is 0 Å². The standard InChI is InChI=1S/C29H29ClN2O/c30-26-12-8-23(9-13-26)25-10-15-27(31-19-25)14-5-21-3-6-22(7-4-21)24-11-16-28(18-24)32-17-1-2-29(32)20-33/h3-4,6-10,12-13,15,19,24,28-29,33H,1-2,11,16-18,20H2. The molecule has 0 amide bonds. The first-order chi connectivity index (χ1) is 16.2. The number of hydrogen-bond acceptors (Lipinski definition) is 3. The summed E-state index contributed by atoms with van der Waals surface area (Å²) in [5, 5.41) is 10.4. The fourth-order valence-corrected chi connectivity index (χ4v) is 5.48. The second-order valence-electron chi connectivity index (χ2n) is 9.19. The molecule has 1 aliphatic heterocycles. The first-order valence-electron chi connectivity index (χ1n) is 11.9. The molecule has 5 rings (SSSR count). The minimum absolute atomic E-state index is 0.299. The number of likely N-dealkylation sites (tertiary alicyclic amines) is 1. The Kier molecular flexibility index (Phi) is 6.78. The summed E-state index contributed by atoms with van der Waals surface area (Å²) in [6, 6.07) is 21.5. The van der Waals surface area contributed by atoms with E-state index in [-0.39, 0.29) is 0 Å². The molecule has 3 atom stereocenters. The molecule has 2 fully saturated rings. The average Bonchev–Trinajstić information content (AvgIpc) is 3.53. The highest BCUT2D eigenvalue weighted by molar-refractivity contribution is 6.30. The molecule has 2 aliphatic rings. The minimum atomic E-state index is 0.299. The Morgan fingerprint density at radius 1 is 0.909 bits per heavy atom. The predicted molar refractivity (Wildman–Crippen MR) is 134 cm³/mol. The second kappa shape index (κ2) is 10.1. The normalized spacial score (nSPS) is 22.8. The second-order valence-corrected chi connectivity index (χ2v) is 9.63. The third kappa shape index (κ3) is 5.14. The van der Waals surface area contributed by atoms with Gasteiger partial charge in [0, 0.05) is 34.4 Å². The Labute approximate surface area is 201 Å². The van der Waals surface area contributed by atoms with Crippen LogP contribution in [0, 0.1) is 11.8 Å². The van der Waals surface area contributed by atoms with E-state index in [1.165, 1.54) is 31.2 Å². The monoisotopic (exact) mass is 456 g/mol. The number of hydrogen-bond donors (Lipinski definition) is 1. The summed E-state index contributed by atoms with van der Waals surface area (Å²) in [6.07, 6.45) is 7.89. The van der Waals surface area contributed by atoms with Gasteiger partial charge in [0.15, 0.2) is 0 Å². The van der Waals surface area contributed by atoms with E-state index in [1.54, 1.807) is 0 Å². The molecule has 2 aromatic carbocycles. The van der Waals surface area contributed by atoms with E-state index in [0.717, 1.165) is 40.4 Å². The predicted octanol–water partition coefficient (Wildman–Crippen LogP) is 5.89. The third-order valence-electron chi connectivity index (χ3n) is 7.17. The molecular formula is C29H29ClN2O. The molecule has 1 saturated heterocycles. The molecule has 3 unspecified atom stereocenters. The fraction of sp³-hybridized carbons (Fsp3) is 0.345. The van der Waals surface area contributed by atoms with Crippen LogP contribution in [0.4, 0.5) is 0 Å². The van der Waals surface area contributed by atoms with Gasteiger partial charge in [-0.1, -0.05) is 47.9 Å². The first kappa shape index (κ1) is 22.2. The Morgan fingerprint density at radius 2 is 1.70 bits per heavy atom. The lowest BCUT2D eigenvalue weighted by atomic mass is 9.96. The number of nitrogens with zero attached hydrogens (tertiary/aromatic N) is 2. The van der Waals surface area contributed by atoms with Gasteiger partial charge in [-0.05, 0) is 91.9 Å². The molecule has 4 heteroatoms. The van der Waals surface area contributed by atoms with Crippen LogP contribution in [0.25, 0.3) is 11.1 Å². The average molecular weight is 457 g/mol. The maximum absolute atomic E-state index is 9.65. The molecule has 1 aliphatic carbocycles. The summed E-state index contributed by atoms with van der Waals surface area (Å²) in [6.45, 7) is 1.44. The van der Waals surface area contributed by atoms with Crippen LogP contribution >= 0.6 is 11.6 Å². The van der Waals surface area contributed by atoms with Crippen molar-refractivity contribution in [2.24, 2.45) is 0 Å². The maximum Gasteiger partial charge on any atom is 0.113 e. The summed E-state index contributed by atoms with van der Waals surface area (Å²) in [5.41, 5.74) is 5.33. The van der Waals surface area contributed by atoms with Gasteiger partial charge in [0.05, 0.1) is 6.61 Å². The largest absolute Gasteiger partial charge is 0.395 e. The van der Waals surface area contributed by atoms with Crippen molar-refractivity contribution in [1.29, 1.82) is 0 Å². The van der Waals surface area contributed by atoms with Gasteiger partial charge in [0.1, 0.15) is 5.69 Å². The van der Waals surface area contributed by atoms with E-state index in [1.807, 2.05) is 42.6 Å². The Hall–Kier alpha value is -2.64. The summed E-state index contributed by atoms with van der Waals surface area (Å²) in [7, 11) is 0. The summed E-state index contributed by atoms with van der Waals surface area (Å²) >= 11 is 5.97. The molecule has 168 valence electrons. The van der Waals surface area contributed by atoms with Gasteiger partial charge in [-0.3, -0.25) is 4.90 Å². The summed E-state index contributed by atoms with van der Waals surface area (Å²) in [4.78, 5) is 7.06. The molecule has 1 saturated carbocycles. The lowest BCUT2D eigenvalue weighted by molar-refractivity contribution is 0.120. The molecule has 1 aromatic heterocycles. The van der Waals surface area contributed by atoms with E-state index in [0.29, 0.717) is 24.6 Å². The van der Waals surface area contributed by atoms with Gasteiger partial charge in [0.2, 0.25) is 0 Å². The van der Waals surface area contributed by atoms with Crippen LogP contribution in [-0.2, 0) is 0 Å². The number of benzene rings is 2. The Bertz CT molecular complexity index is 1130. The Morgan fingerprint density at radius 3 is 2.42 bits per heavy atom. The number of aliphatic hydroxyl groups excluding tert-OH is 1. The molecule has 2 heterocycles. The van der Waals surface area contributed by atoms with Gasteiger partial charge < -0.3 is 5.11 Å². The van der Waals surface area contributed by atoms with Gasteiger partial charge in [-0.15, -0.1) is 0 Å². The van der Waals surface area contributed by atoms with Crippen LogP contribution in [-0.4, -0.2) is 40.2 Å². The van der Waals surface area contributed by atoms with Crippen molar-refractivity contribution in [3.8, 4) is 23.0 Å². The van der Waals surface area contributed by atoms with Gasteiger partial charge >= 0.3 is 0 Å².